The van der Waals surface area contributed by atoms with Crippen LogP contribution in [0.2, 0.25) is 31.2 Å². The molecule has 12 heteroatoms. The molecule has 1 aromatic carbocycles. The third kappa shape index (κ3) is 6.41. The molecule has 53 heavy (non-hydrogen) atoms. The van der Waals surface area contributed by atoms with Gasteiger partial charge < -0.3 is 37.3 Å². The van der Waals surface area contributed by atoms with E-state index in [-0.39, 0.29) is 19.3 Å². The smallest absolute Gasteiger partial charge is 0.455 e. The van der Waals surface area contributed by atoms with Gasteiger partial charge in [-0.1, -0.05) is 66.3 Å². The molecule has 0 N–H and O–H groups in total. The van der Waals surface area contributed by atoms with Crippen LogP contribution in [0.5, 0.6) is 0 Å². The van der Waals surface area contributed by atoms with E-state index in [1.807, 2.05) is 18.2 Å². The van der Waals surface area contributed by atoms with Gasteiger partial charge in [0, 0.05) is 17.3 Å². The highest BCUT2D eigenvalue weighted by Gasteiger charge is 2.77. The van der Waals surface area contributed by atoms with Gasteiger partial charge in [0.15, 0.2) is 20.2 Å². The molecule has 6 rings (SSSR count). The fourth-order valence-electron chi connectivity index (χ4n) is 10.7. The standard InChI is InChI=1S/C41H61O10Si2/c1-12-30-46-32-31-26(6)28(50-53(14-3,15-4)16-5)24-41(38(31,7)8,51-52(10)11)35(48-36(42)27-20-18-17-19-21-27)33-39(9,34(32)47-30)23-22-29-40(33,25-45-29)49-37(43)44-13-2/h12,17-21,28-30,32-35H,1,13-16,22-25H2,2-11H3/t28?,29-,30?,32-,33+,34-,35+,39-,40+,41-/m1/s1. The average Bonchev–Trinajstić information content (AvgIpc) is 3.55. The third-order valence-corrected chi connectivity index (χ3v) is 19.0. The monoisotopic (exact) mass is 769 g/mol. The van der Waals surface area contributed by atoms with E-state index in [0.717, 1.165) is 29.3 Å². The Morgan fingerprint density at radius 2 is 1.72 bits per heavy atom. The van der Waals surface area contributed by atoms with Gasteiger partial charge in [-0.05, 0) is 87.3 Å². The summed E-state index contributed by atoms with van der Waals surface area (Å²) in [7, 11) is -3.68. The van der Waals surface area contributed by atoms with Crippen molar-refractivity contribution in [1.29, 1.82) is 0 Å². The van der Waals surface area contributed by atoms with Crippen molar-refractivity contribution in [2.75, 3.05) is 13.2 Å². The summed E-state index contributed by atoms with van der Waals surface area (Å²) in [5.41, 5.74) is -1.27. The second-order valence-corrected chi connectivity index (χ2v) is 23.4. The Morgan fingerprint density at radius 1 is 1.04 bits per heavy atom. The molecule has 0 amide bonds. The Hall–Kier alpha value is -2.33. The lowest BCUT2D eigenvalue weighted by molar-refractivity contribution is -0.342. The van der Waals surface area contributed by atoms with Gasteiger partial charge in [0.25, 0.3) is 0 Å². The van der Waals surface area contributed by atoms with E-state index in [1.165, 1.54) is 0 Å². The number of esters is 1. The zero-order valence-corrected chi connectivity index (χ0v) is 35.5. The van der Waals surface area contributed by atoms with E-state index in [0.29, 0.717) is 24.8 Å². The van der Waals surface area contributed by atoms with Crippen LogP contribution in [0.1, 0.15) is 85.0 Å². The molecule has 293 valence electrons. The molecule has 3 aliphatic carbocycles. The highest BCUT2D eigenvalue weighted by atomic mass is 28.4. The van der Waals surface area contributed by atoms with E-state index in [1.54, 1.807) is 25.1 Å². The highest BCUT2D eigenvalue weighted by Crippen LogP contribution is 2.67. The van der Waals surface area contributed by atoms with Crippen molar-refractivity contribution in [3.63, 3.8) is 0 Å². The van der Waals surface area contributed by atoms with Crippen molar-refractivity contribution >= 4 is 29.5 Å². The van der Waals surface area contributed by atoms with Crippen molar-refractivity contribution in [2.24, 2.45) is 16.7 Å². The second-order valence-electron chi connectivity index (χ2n) is 16.6. The van der Waals surface area contributed by atoms with E-state index < -0.39 is 88.1 Å². The first-order valence-corrected chi connectivity index (χ1v) is 24.6. The molecule has 10 nitrogen and oxygen atoms in total. The molecular weight excluding hydrogens is 709 g/mol. The van der Waals surface area contributed by atoms with Gasteiger partial charge >= 0.3 is 12.1 Å². The highest BCUT2D eigenvalue weighted by molar-refractivity contribution is 6.73. The van der Waals surface area contributed by atoms with Crippen molar-refractivity contribution in [2.45, 2.75) is 154 Å². The minimum Gasteiger partial charge on any atom is -0.455 e. The average molecular weight is 770 g/mol. The predicted molar refractivity (Wildman–Crippen MR) is 205 cm³/mol. The first kappa shape index (κ1) is 40.3. The largest absolute Gasteiger partial charge is 0.509 e. The molecule has 1 radical (unpaired) electrons. The number of benzene rings is 1. The van der Waals surface area contributed by atoms with E-state index in [9.17, 15) is 9.59 Å². The molecule has 2 saturated heterocycles. The summed E-state index contributed by atoms with van der Waals surface area (Å²) < 4.78 is 54.2. The Morgan fingerprint density at radius 3 is 2.28 bits per heavy atom. The Bertz CT molecular complexity index is 1550. The lowest BCUT2D eigenvalue weighted by Crippen LogP contribution is -2.80. The maximum atomic E-state index is 14.6. The van der Waals surface area contributed by atoms with Crippen LogP contribution in [0, 0.1) is 16.7 Å². The summed E-state index contributed by atoms with van der Waals surface area (Å²) >= 11 is 0. The van der Waals surface area contributed by atoms with Gasteiger partial charge in [-0.25, -0.2) is 9.59 Å². The number of hydrogen-bond donors (Lipinski definition) is 0. The van der Waals surface area contributed by atoms with E-state index in [4.69, 9.17) is 37.3 Å². The van der Waals surface area contributed by atoms with Gasteiger partial charge in [0.1, 0.15) is 23.9 Å². The maximum Gasteiger partial charge on any atom is 0.509 e. The number of fused-ring (bicyclic) bond motifs is 8. The zero-order chi connectivity index (χ0) is 38.6. The number of carbonyl (C=O) groups excluding carboxylic acids is 2. The topological polar surface area (TPSA) is 108 Å². The molecule has 0 aromatic heterocycles. The molecule has 2 saturated carbocycles. The molecule has 0 spiro atoms. The molecule has 2 unspecified atom stereocenters. The minimum absolute atomic E-state index is 0.116. The van der Waals surface area contributed by atoms with Gasteiger partial charge in [-0.3, -0.25) is 0 Å². The molecule has 10 atom stereocenters. The lowest BCUT2D eigenvalue weighted by Gasteiger charge is -2.69. The normalized spacial score (nSPS) is 37.3. The summed E-state index contributed by atoms with van der Waals surface area (Å²) in [4.78, 5) is 28.2. The predicted octanol–water partition coefficient (Wildman–Crippen LogP) is 8.39. The van der Waals surface area contributed by atoms with Crippen molar-refractivity contribution < 1.29 is 46.9 Å². The minimum atomic E-state index is -2.20. The molecule has 4 fully saturated rings. The lowest BCUT2D eigenvalue weighted by atomic mass is 9.45. The van der Waals surface area contributed by atoms with Crippen LogP contribution in [0.4, 0.5) is 4.79 Å². The van der Waals surface area contributed by atoms with Crippen LogP contribution in [0.25, 0.3) is 0 Å². The van der Waals surface area contributed by atoms with E-state index >= 15 is 0 Å². The van der Waals surface area contributed by atoms with E-state index in [2.05, 4.69) is 68.1 Å². The first-order chi connectivity index (χ1) is 25.1. The molecule has 2 bridgehead atoms. The van der Waals surface area contributed by atoms with Crippen LogP contribution < -0.4 is 0 Å². The summed E-state index contributed by atoms with van der Waals surface area (Å²) in [5, 5.41) is 0. The first-order valence-electron chi connectivity index (χ1n) is 19.7. The van der Waals surface area contributed by atoms with Crippen LogP contribution in [-0.4, -0.2) is 90.7 Å². The number of carbonyl (C=O) groups is 2. The summed E-state index contributed by atoms with van der Waals surface area (Å²) in [6, 6.07) is 12.0. The molecule has 5 aliphatic rings. The third-order valence-electron chi connectivity index (χ3n) is 13.6. The summed E-state index contributed by atoms with van der Waals surface area (Å²) in [6.07, 6.45) is -0.790. The molecule has 2 heterocycles. The van der Waals surface area contributed by atoms with Crippen LogP contribution in [-0.2, 0) is 37.3 Å². The Labute approximate surface area is 319 Å². The number of hydrogen-bond acceptors (Lipinski definition) is 10. The fraction of sp³-hybridized carbons (Fsp3) is 0.707. The van der Waals surface area contributed by atoms with Crippen molar-refractivity contribution in [3.8, 4) is 0 Å². The van der Waals surface area contributed by atoms with Gasteiger partial charge in [0.05, 0.1) is 36.9 Å². The van der Waals surface area contributed by atoms with Gasteiger partial charge in [-0.15, -0.1) is 0 Å². The molecule has 2 aliphatic heterocycles. The summed E-state index contributed by atoms with van der Waals surface area (Å²) in [6.45, 7) is 25.8. The van der Waals surface area contributed by atoms with Gasteiger partial charge in [-0.2, -0.15) is 0 Å². The second kappa shape index (κ2) is 15.0. The molecule has 1 aromatic rings. The van der Waals surface area contributed by atoms with Crippen molar-refractivity contribution in [3.05, 3.63) is 59.7 Å². The molecular formula is C41H61O10Si2. The number of ether oxygens (including phenoxy) is 6. The zero-order valence-electron chi connectivity index (χ0n) is 33.5. The fourth-order valence-corrected chi connectivity index (χ4v) is 14.7. The Kier molecular flexibility index (Phi) is 11.4. The SMILES string of the molecule is C=CC1O[C@@H]2C3=C(C)C(O[Si](CC)(CC)CC)C[C@@](O[Si](C)C)([C@@H](OC(=O)c4ccccc4)[C@H]4[C@@](C)(CC[C@H]5OC[C@]54OC(=O)OCC)[C@@H]2O1)C3(C)C. The summed E-state index contributed by atoms with van der Waals surface area (Å²) in [5.74, 6) is -1.12. The van der Waals surface area contributed by atoms with Crippen LogP contribution in [0.3, 0.4) is 0 Å². The maximum absolute atomic E-state index is 14.6. The Balaban J connectivity index is 1.69. The quantitative estimate of drug-likeness (QED) is 0.117. The van der Waals surface area contributed by atoms with Crippen LogP contribution >= 0.6 is 0 Å². The van der Waals surface area contributed by atoms with Gasteiger partial charge in [0.2, 0.25) is 9.04 Å². The van der Waals surface area contributed by atoms with Crippen molar-refractivity contribution in [1.82, 2.24) is 0 Å². The van der Waals surface area contributed by atoms with Crippen LogP contribution in [0.15, 0.2) is 54.1 Å². The number of rotatable bonds is 12.